The second-order valence-electron chi connectivity index (χ2n) is 3.81. The molecule has 4 heteroatoms. The first-order chi connectivity index (χ1) is 9.22. The second-order valence-corrected chi connectivity index (χ2v) is 3.81. The van der Waals surface area contributed by atoms with E-state index in [0.29, 0.717) is 17.0 Å². The van der Waals surface area contributed by atoms with E-state index in [4.69, 9.17) is 4.74 Å². The van der Waals surface area contributed by atoms with Crippen molar-refractivity contribution in [2.24, 2.45) is 0 Å². The molecule has 96 valence electrons. The van der Waals surface area contributed by atoms with Crippen molar-refractivity contribution in [3.63, 3.8) is 0 Å². The number of ether oxygens (including phenoxy) is 1. The van der Waals surface area contributed by atoms with Gasteiger partial charge in [0.25, 0.3) is 0 Å². The summed E-state index contributed by atoms with van der Waals surface area (Å²) in [7, 11) is 1.47. The van der Waals surface area contributed by atoms with Crippen LogP contribution in [0.3, 0.4) is 0 Å². The standard InChI is InChI=1S/C15H13NO3/c1-19-14-7-4-5-11(15(14)18)8-9-13(17)12-6-2-3-10-16-12/h2-10,18H,1H3/b9-8+. The Hall–Kier alpha value is -2.62. The molecular formula is C15H13NO3. The molecule has 0 atom stereocenters. The predicted molar refractivity (Wildman–Crippen MR) is 72.3 cm³/mol. The summed E-state index contributed by atoms with van der Waals surface area (Å²) in [5.74, 6) is 0.158. The molecule has 1 heterocycles. The van der Waals surface area contributed by atoms with Crippen molar-refractivity contribution in [1.29, 1.82) is 0 Å². The molecule has 4 nitrogen and oxygen atoms in total. The van der Waals surface area contributed by atoms with Gasteiger partial charge in [0.15, 0.2) is 11.5 Å². The van der Waals surface area contributed by atoms with Crippen LogP contribution in [0.4, 0.5) is 0 Å². The van der Waals surface area contributed by atoms with E-state index >= 15 is 0 Å². The average molecular weight is 255 g/mol. The molecule has 19 heavy (non-hydrogen) atoms. The van der Waals surface area contributed by atoms with Crippen molar-refractivity contribution in [3.8, 4) is 11.5 Å². The van der Waals surface area contributed by atoms with E-state index in [1.54, 1.807) is 42.6 Å². The number of rotatable bonds is 4. The lowest BCUT2D eigenvalue weighted by Gasteiger charge is -2.04. The lowest BCUT2D eigenvalue weighted by molar-refractivity contribution is 0.104. The summed E-state index contributed by atoms with van der Waals surface area (Å²) >= 11 is 0. The Kier molecular flexibility index (Phi) is 3.93. The van der Waals surface area contributed by atoms with Crippen LogP contribution in [-0.2, 0) is 0 Å². The number of carbonyl (C=O) groups is 1. The summed E-state index contributed by atoms with van der Waals surface area (Å²) in [6.45, 7) is 0. The van der Waals surface area contributed by atoms with E-state index in [-0.39, 0.29) is 11.5 Å². The van der Waals surface area contributed by atoms with Gasteiger partial charge in [0.05, 0.1) is 7.11 Å². The summed E-state index contributed by atoms with van der Waals surface area (Å²) in [4.78, 5) is 15.8. The molecule has 0 bridgehead atoms. The Morgan fingerprint density at radius 1 is 1.26 bits per heavy atom. The number of phenolic OH excluding ortho intramolecular Hbond substituents is 1. The van der Waals surface area contributed by atoms with Gasteiger partial charge in [-0.3, -0.25) is 9.78 Å². The van der Waals surface area contributed by atoms with Gasteiger partial charge in [0.1, 0.15) is 5.69 Å². The fourth-order valence-electron chi connectivity index (χ4n) is 1.60. The summed E-state index contributed by atoms with van der Waals surface area (Å²) in [6, 6.07) is 10.2. The molecule has 0 saturated heterocycles. The van der Waals surface area contributed by atoms with E-state index in [0.717, 1.165) is 0 Å². The molecule has 0 unspecified atom stereocenters. The third kappa shape index (κ3) is 2.98. The Morgan fingerprint density at radius 2 is 2.11 bits per heavy atom. The SMILES string of the molecule is COc1cccc(/C=C/C(=O)c2ccccn2)c1O. The van der Waals surface area contributed by atoms with Gasteiger partial charge in [0, 0.05) is 11.8 Å². The molecule has 0 amide bonds. The number of hydrogen-bond acceptors (Lipinski definition) is 4. The van der Waals surface area contributed by atoms with Crippen LogP contribution in [0, 0.1) is 0 Å². The minimum absolute atomic E-state index is 0.00932. The van der Waals surface area contributed by atoms with Crippen molar-refractivity contribution >= 4 is 11.9 Å². The van der Waals surface area contributed by atoms with E-state index < -0.39 is 0 Å². The number of aromatic hydroxyl groups is 1. The molecule has 0 aliphatic heterocycles. The first kappa shape index (κ1) is 12.8. The fraction of sp³-hybridized carbons (Fsp3) is 0.0667. The number of methoxy groups -OCH3 is 1. The van der Waals surface area contributed by atoms with Gasteiger partial charge in [-0.25, -0.2) is 0 Å². The number of para-hydroxylation sites is 1. The Labute approximate surface area is 111 Å². The minimum Gasteiger partial charge on any atom is -0.504 e. The summed E-state index contributed by atoms with van der Waals surface area (Å²) in [6.07, 6.45) is 4.47. The number of carbonyl (C=O) groups excluding carboxylic acids is 1. The number of benzene rings is 1. The number of allylic oxidation sites excluding steroid dienone is 1. The maximum Gasteiger partial charge on any atom is 0.204 e. The van der Waals surface area contributed by atoms with Gasteiger partial charge in [-0.1, -0.05) is 18.2 Å². The smallest absolute Gasteiger partial charge is 0.204 e. The summed E-state index contributed by atoms with van der Waals surface area (Å²) < 4.78 is 5.00. The molecule has 0 aliphatic rings. The van der Waals surface area contributed by atoms with Gasteiger partial charge >= 0.3 is 0 Å². The number of phenols is 1. The molecule has 0 aliphatic carbocycles. The lowest BCUT2D eigenvalue weighted by atomic mass is 10.1. The molecule has 1 N–H and O–H groups in total. The van der Waals surface area contributed by atoms with Gasteiger partial charge in [0.2, 0.25) is 5.78 Å². The predicted octanol–water partition coefficient (Wildman–Crippen LogP) is 2.69. The first-order valence-electron chi connectivity index (χ1n) is 5.72. The van der Waals surface area contributed by atoms with Gasteiger partial charge < -0.3 is 9.84 Å². The lowest BCUT2D eigenvalue weighted by Crippen LogP contribution is -1.96. The van der Waals surface area contributed by atoms with Crippen LogP contribution in [0.5, 0.6) is 11.5 Å². The molecular weight excluding hydrogens is 242 g/mol. The average Bonchev–Trinajstić information content (AvgIpc) is 2.47. The van der Waals surface area contributed by atoms with Crippen LogP contribution in [0.2, 0.25) is 0 Å². The molecule has 2 aromatic rings. The van der Waals surface area contributed by atoms with Crippen LogP contribution in [-0.4, -0.2) is 23.0 Å². The van der Waals surface area contributed by atoms with Crippen molar-refractivity contribution in [3.05, 3.63) is 59.9 Å². The highest BCUT2D eigenvalue weighted by Gasteiger charge is 2.06. The monoisotopic (exact) mass is 255 g/mol. The second kappa shape index (κ2) is 5.82. The minimum atomic E-state index is -0.220. The highest BCUT2D eigenvalue weighted by molar-refractivity contribution is 6.05. The molecule has 0 fully saturated rings. The Bertz CT molecular complexity index is 606. The molecule has 1 aromatic carbocycles. The van der Waals surface area contributed by atoms with E-state index in [1.807, 2.05) is 0 Å². The van der Waals surface area contributed by atoms with Gasteiger partial charge in [-0.2, -0.15) is 0 Å². The number of aromatic nitrogens is 1. The van der Waals surface area contributed by atoms with Crippen LogP contribution >= 0.6 is 0 Å². The molecule has 0 spiro atoms. The zero-order valence-electron chi connectivity index (χ0n) is 10.4. The highest BCUT2D eigenvalue weighted by Crippen LogP contribution is 2.30. The quantitative estimate of drug-likeness (QED) is 0.674. The summed E-state index contributed by atoms with van der Waals surface area (Å²) in [5.41, 5.74) is 0.879. The maximum atomic E-state index is 11.8. The Balaban J connectivity index is 2.22. The molecule has 2 rings (SSSR count). The molecule has 0 saturated carbocycles. The van der Waals surface area contributed by atoms with Gasteiger partial charge in [-0.05, 0) is 30.4 Å². The van der Waals surface area contributed by atoms with Gasteiger partial charge in [-0.15, -0.1) is 0 Å². The van der Waals surface area contributed by atoms with E-state index in [2.05, 4.69) is 4.98 Å². The maximum absolute atomic E-state index is 11.8. The number of nitrogens with zero attached hydrogens (tertiary/aromatic N) is 1. The number of ketones is 1. The molecule has 0 radical (unpaired) electrons. The molecule has 1 aromatic heterocycles. The van der Waals surface area contributed by atoms with Crippen molar-refractivity contribution in [1.82, 2.24) is 4.98 Å². The zero-order chi connectivity index (χ0) is 13.7. The third-order valence-corrected chi connectivity index (χ3v) is 2.58. The topological polar surface area (TPSA) is 59.4 Å². The van der Waals surface area contributed by atoms with Crippen LogP contribution < -0.4 is 4.74 Å². The normalized spacial score (nSPS) is 10.6. The number of hydrogen-bond donors (Lipinski definition) is 1. The fourth-order valence-corrected chi connectivity index (χ4v) is 1.60. The van der Waals surface area contributed by atoms with Crippen LogP contribution in [0.1, 0.15) is 16.1 Å². The largest absolute Gasteiger partial charge is 0.504 e. The third-order valence-electron chi connectivity index (χ3n) is 2.58. The highest BCUT2D eigenvalue weighted by atomic mass is 16.5. The Morgan fingerprint density at radius 3 is 2.79 bits per heavy atom. The van der Waals surface area contributed by atoms with Crippen molar-refractivity contribution in [2.45, 2.75) is 0 Å². The van der Waals surface area contributed by atoms with Crippen LogP contribution in [0.15, 0.2) is 48.7 Å². The van der Waals surface area contributed by atoms with Crippen LogP contribution in [0.25, 0.3) is 6.08 Å². The zero-order valence-corrected chi connectivity index (χ0v) is 10.4. The number of pyridine rings is 1. The van der Waals surface area contributed by atoms with Crippen molar-refractivity contribution < 1.29 is 14.6 Å². The van der Waals surface area contributed by atoms with Crippen molar-refractivity contribution in [2.75, 3.05) is 7.11 Å². The van der Waals surface area contributed by atoms with E-state index in [1.165, 1.54) is 19.3 Å². The van der Waals surface area contributed by atoms with E-state index in [9.17, 15) is 9.90 Å². The summed E-state index contributed by atoms with van der Waals surface area (Å²) in [5, 5.41) is 9.87. The first-order valence-corrected chi connectivity index (χ1v) is 5.72.